The molecule has 1 aromatic rings. The van der Waals surface area contributed by atoms with Crippen LogP contribution in [0.15, 0.2) is 24.3 Å². The number of rotatable bonds is 9. The number of nitrogens with zero attached hydrogens (tertiary/aromatic N) is 1. The molecule has 0 aromatic heterocycles. The molecule has 3 fully saturated rings. The molecule has 3 saturated heterocycles. The van der Waals surface area contributed by atoms with Crippen LogP contribution in [0.25, 0.3) is 0 Å². The SMILES string of the molecule is CCOC(=O)[C@@H]1[C@H]2C(=O)N([C@@H](CO)CC(C)C)C(C(=O)Nc3ccc(OC)cc3)C23CC(C)[C@@]1(C)O3. The number of benzene rings is 1. The van der Waals surface area contributed by atoms with Crippen LogP contribution in [0.5, 0.6) is 5.75 Å². The van der Waals surface area contributed by atoms with Gasteiger partial charge in [-0.05, 0) is 62.8 Å². The van der Waals surface area contributed by atoms with Crippen LogP contribution in [0.1, 0.15) is 47.5 Å². The number of nitrogens with one attached hydrogen (secondary N) is 1. The maximum Gasteiger partial charge on any atom is 0.312 e. The van der Waals surface area contributed by atoms with Crippen molar-refractivity contribution in [3.8, 4) is 5.75 Å². The molecular formula is C27H38N2O7. The second-order valence-electron chi connectivity index (χ2n) is 10.9. The van der Waals surface area contributed by atoms with Gasteiger partial charge in [0.15, 0.2) is 0 Å². The Hall–Kier alpha value is -2.65. The van der Waals surface area contributed by atoms with Crippen LogP contribution in [0.3, 0.4) is 0 Å². The molecule has 1 spiro atoms. The first-order valence-corrected chi connectivity index (χ1v) is 12.8. The lowest BCUT2D eigenvalue weighted by molar-refractivity contribution is -0.162. The summed E-state index contributed by atoms with van der Waals surface area (Å²) in [6.45, 7) is 9.45. The number of likely N-dealkylation sites (tertiary alicyclic amines) is 1. The normalized spacial score (nSPS) is 33.6. The fourth-order valence-electron chi connectivity index (χ4n) is 6.67. The molecule has 3 aliphatic heterocycles. The molecule has 7 atom stereocenters. The van der Waals surface area contributed by atoms with Gasteiger partial charge in [0, 0.05) is 5.69 Å². The maximum absolute atomic E-state index is 14.1. The number of aliphatic hydroxyl groups is 1. The number of carbonyl (C=O) groups is 3. The Kier molecular flexibility index (Phi) is 7.09. The van der Waals surface area contributed by atoms with Gasteiger partial charge in [-0.1, -0.05) is 20.8 Å². The van der Waals surface area contributed by atoms with Crippen molar-refractivity contribution < 1.29 is 33.7 Å². The smallest absolute Gasteiger partial charge is 0.312 e. The number of methoxy groups -OCH3 is 1. The third kappa shape index (κ3) is 3.96. The van der Waals surface area contributed by atoms with Crippen molar-refractivity contribution in [1.29, 1.82) is 0 Å². The summed E-state index contributed by atoms with van der Waals surface area (Å²) in [4.78, 5) is 42.7. The predicted molar refractivity (Wildman–Crippen MR) is 132 cm³/mol. The minimum atomic E-state index is -1.19. The number of esters is 1. The van der Waals surface area contributed by atoms with Gasteiger partial charge in [-0.2, -0.15) is 0 Å². The molecule has 4 rings (SSSR count). The topological polar surface area (TPSA) is 114 Å². The summed E-state index contributed by atoms with van der Waals surface area (Å²) in [6, 6.07) is 5.34. The highest BCUT2D eigenvalue weighted by Crippen LogP contribution is 2.65. The molecule has 3 unspecified atom stereocenters. The standard InChI is InChI=1S/C27H38N2O7/c1-7-35-25(33)21-20-24(32)29(18(14-30)12-15(2)3)22(27(20)13-16(4)26(21,5)36-27)23(31)28-17-8-10-19(34-6)11-9-17/h8-11,15-16,18,20-22,30H,7,12-14H2,1-6H3,(H,28,31)/t16?,18-,20+,21+,22?,26-,27?/m1/s1. The van der Waals surface area contributed by atoms with Gasteiger partial charge in [0.1, 0.15) is 23.3 Å². The zero-order valence-corrected chi connectivity index (χ0v) is 21.9. The first kappa shape index (κ1) is 26.4. The Morgan fingerprint density at radius 1 is 1.28 bits per heavy atom. The molecule has 9 nitrogen and oxygen atoms in total. The molecular weight excluding hydrogens is 464 g/mol. The summed E-state index contributed by atoms with van der Waals surface area (Å²) < 4.78 is 17.2. The largest absolute Gasteiger partial charge is 0.497 e. The number of ether oxygens (including phenoxy) is 3. The molecule has 0 saturated carbocycles. The number of hydrogen-bond donors (Lipinski definition) is 2. The van der Waals surface area contributed by atoms with Gasteiger partial charge in [0.25, 0.3) is 0 Å². The van der Waals surface area contributed by atoms with Gasteiger partial charge >= 0.3 is 5.97 Å². The molecule has 36 heavy (non-hydrogen) atoms. The van der Waals surface area contributed by atoms with Crippen LogP contribution in [0.2, 0.25) is 0 Å². The minimum Gasteiger partial charge on any atom is -0.497 e. The van der Waals surface area contributed by atoms with E-state index in [9.17, 15) is 19.5 Å². The lowest BCUT2D eigenvalue weighted by Gasteiger charge is -2.37. The molecule has 3 heterocycles. The van der Waals surface area contributed by atoms with E-state index in [2.05, 4.69) is 5.32 Å². The number of hydrogen-bond acceptors (Lipinski definition) is 7. The second kappa shape index (κ2) is 9.67. The highest BCUT2D eigenvalue weighted by Gasteiger charge is 2.80. The Morgan fingerprint density at radius 3 is 2.50 bits per heavy atom. The zero-order chi connectivity index (χ0) is 26.4. The van der Waals surface area contributed by atoms with Crippen LogP contribution in [-0.4, -0.2) is 71.4 Å². The van der Waals surface area contributed by atoms with E-state index < -0.39 is 47.0 Å². The molecule has 2 N–H and O–H groups in total. The monoisotopic (exact) mass is 502 g/mol. The first-order valence-electron chi connectivity index (χ1n) is 12.8. The van der Waals surface area contributed by atoms with Crippen LogP contribution in [-0.2, 0) is 23.9 Å². The third-order valence-electron chi connectivity index (χ3n) is 8.25. The lowest BCUT2D eigenvalue weighted by atomic mass is 9.62. The highest BCUT2D eigenvalue weighted by atomic mass is 16.6. The van der Waals surface area contributed by atoms with Gasteiger partial charge in [-0.3, -0.25) is 14.4 Å². The van der Waals surface area contributed by atoms with Crippen molar-refractivity contribution in [1.82, 2.24) is 4.90 Å². The molecule has 0 radical (unpaired) electrons. The fraction of sp³-hybridized carbons (Fsp3) is 0.667. The van der Waals surface area contributed by atoms with Gasteiger partial charge in [0.05, 0.1) is 37.9 Å². The summed E-state index contributed by atoms with van der Waals surface area (Å²) in [7, 11) is 1.56. The van der Waals surface area contributed by atoms with Gasteiger partial charge in [-0.25, -0.2) is 0 Å². The van der Waals surface area contributed by atoms with Crippen molar-refractivity contribution in [3.05, 3.63) is 24.3 Å². The fourth-order valence-corrected chi connectivity index (χ4v) is 6.67. The number of aliphatic hydroxyl groups excluding tert-OH is 1. The van der Waals surface area contributed by atoms with E-state index in [1.807, 2.05) is 27.7 Å². The van der Waals surface area contributed by atoms with E-state index in [0.717, 1.165) is 0 Å². The van der Waals surface area contributed by atoms with E-state index >= 15 is 0 Å². The van der Waals surface area contributed by atoms with Crippen molar-refractivity contribution in [3.63, 3.8) is 0 Å². The van der Waals surface area contributed by atoms with Crippen LogP contribution in [0, 0.1) is 23.7 Å². The zero-order valence-electron chi connectivity index (χ0n) is 21.9. The molecule has 3 aliphatic rings. The molecule has 2 amide bonds. The first-order chi connectivity index (χ1) is 17.0. The van der Waals surface area contributed by atoms with Crippen molar-refractivity contribution in [2.24, 2.45) is 23.7 Å². The van der Waals surface area contributed by atoms with Crippen LogP contribution >= 0.6 is 0 Å². The number of carbonyl (C=O) groups excluding carboxylic acids is 3. The van der Waals surface area contributed by atoms with E-state index in [1.54, 1.807) is 38.3 Å². The number of anilines is 1. The Morgan fingerprint density at radius 2 is 1.94 bits per heavy atom. The van der Waals surface area contributed by atoms with E-state index in [1.165, 1.54) is 4.90 Å². The molecule has 2 bridgehead atoms. The summed E-state index contributed by atoms with van der Waals surface area (Å²) >= 11 is 0. The summed E-state index contributed by atoms with van der Waals surface area (Å²) in [5.74, 6) is -2.15. The van der Waals surface area contributed by atoms with Crippen LogP contribution in [0.4, 0.5) is 5.69 Å². The van der Waals surface area contributed by atoms with Crippen molar-refractivity contribution >= 4 is 23.5 Å². The van der Waals surface area contributed by atoms with E-state index in [-0.39, 0.29) is 31.0 Å². The Bertz CT molecular complexity index is 1010. The second-order valence-corrected chi connectivity index (χ2v) is 10.9. The molecule has 0 aliphatic carbocycles. The molecule has 9 heteroatoms. The number of fused-ring (bicyclic) bond motifs is 1. The maximum atomic E-state index is 14.1. The van der Waals surface area contributed by atoms with E-state index in [0.29, 0.717) is 24.3 Å². The summed E-state index contributed by atoms with van der Waals surface area (Å²) in [5.41, 5.74) is -1.57. The van der Waals surface area contributed by atoms with Crippen molar-refractivity contribution in [2.75, 3.05) is 25.6 Å². The summed E-state index contributed by atoms with van der Waals surface area (Å²) in [6.07, 6.45) is 0.959. The van der Waals surface area contributed by atoms with E-state index in [4.69, 9.17) is 14.2 Å². The number of amides is 2. The Labute approximate surface area is 212 Å². The lowest BCUT2D eigenvalue weighted by Crippen LogP contribution is -2.56. The predicted octanol–water partition coefficient (Wildman–Crippen LogP) is 2.61. The summed E-state index contributed by atoms with van der Waals surface area (Å²) in [5, 5.41) is 13.3. The third-order valence-corrected chi connectivity index (χ3v) is 8.25. The molecule has 1 aromatic carbocycles. The van der Waals surface area contributed by atoms with Crippen molar-refractivity contribution in [2.45, 2.75) is 70.7 Å². The van der Waals surface area contributed by atoms with Gasteiger partial charge in [-0.15, -0.1) is 0 Å². The molecule has 198 valence electrons. The average Bonchev–Trinajstić information content (AvgIpc) is 3.34. The van der Waals surface area contributed by atoms with Crippen LogP contribution < -0.4 is 10.1 Å². The average molecular weight is 503 g/mol. The highest BCUT2D eigenvalue weighted by molar-refractivity contribution is 6.03. The Balaban J connectivity index is 1.78. The minimum absolute atomic E-state index is 0.0788. The van der Waals surface area contributed by atoms with Gasteiger partial charge in [0.2, 0.25) is 11.8 Å². The van der Waals surface area contributed by atoms with Gasteiger partial charge < -0.3 is 29.5 Å². The quantitative estimate of drug-likeness (QED) is 0.499.